The van der Waals surface area contributed by atoms with E-state index in [0.29, 0.717) is 27.2 Å². The van der Waals surface area contributed by atoms with Crippen molar-refractivity contribution in [2.75, 3.05) is 18.2 Å². The van der Waals surface area contributed by atoms with E-state index in [1.807, 2.05) is 0 Å². The van der Waals surface area contributed by atoms with Crippen molar-refractivity contribution in [3.63, 3.8) is 0 Å². The monoisotopic (exact) mass is 310 g/mol. The number of nitrogens with one attached hydrogen (secondary N) is 1. The average Bonchev–Trinajstić information content (AvgIpc) is 2.38. The summed E-state index contributed by atoms with van der Waals surface area (Å²) in [5.41, 5.74) is 6.84. The fourth-order valence-electron chi connectivity index (χ4n) is 1.72. The molecule has 0 atom stereocenters. The van der Waals surface area contributed by atoms with Gasteiger partial charge in [-0.3, -0.25) is 4.79 Å². The number of hydrogen-bond donors (Lipinski definition) is 2. The van der Waals surface area contributed by atoms with Crippen LogP contribution < -0.4 is 15.8 Å². The molecule has 104 valence electrons. The Labute approximate surface area is 126 Å². The molecule has 2 aromatic rings. The zero-order chi connectivity index (χ0) is 14.7. The molecule has 0 bridgehead atoms. The van der Waals surface area contributed by atoms with Gasteiger partial charge >= 0.3 is 0 Å². The highest BCUT2D eigenvalue weighted by Gasteiger charge is 2.14. The van der Waals surface area contributed by atoms with E-state index in [0.717, 1.165) is 0 Å². The predicted octanol–water partition coefficient (Wildman–Crippen LogP) is 3.84. The Hall–Kier alpha value is -1.91. The van der Waals surface area contributed by atoms with Crippen LogP contribution in [0, 0.1) is 0 Å². The maximum Gasteiger partial charge on any atom is 0.259 e. The normalized spacial score (nSPS) is 10.2. The van der Waals surface area contributed by atoms with Crippen LogP contribution in [0.3, 0.4) is 0 Å². The third-order valence-corrected chi connectivity index (χ3v) is 3.29. The lowest BCUT2D eigenvalue weighted by Crippen LogP contribution is -2.14. The molecule has 0 aromatic heterocycles. The van der Waals surface area contributed by atoms with Gasteiger partial charge in [-0.1, -0.05) is 29.3 Å². The Balaban J connectivity index is 2.26. The number of nitrogen functional groups attached to an aromatic ring is 1. The maximum absolute atomic E-state index is 12.2. The number of amides is 1. The lowest BCUT2D eigenvalue weighted by molar-refractivity contribution is 0.102. The summed E-state index contributed by atoms with van der Waals surface area (Å²) < 4.78 is 5.04. The SMILES string of the molecule is COc1ccc(NC(=O)c2c(N)cccc2Cl)cc1Cl. The molecule has 0 unspecified atom stereocenters. The van der Waals surface area contributed by atoms with Crippen LogP contribution in [0.1, 0.15) is 10.4 Å². The maximum atomic E-state index is 12.2. The Morgan fingerprint density at radius 1 is 1.20 bits per heavy atom. The molecule has 2 aromatic carbocycles. The minimum atomic E-state index is -0.394. The van der Waals surface area contributed by atoms with Crippen LogP contribution in [-0.4, -0.2) is 13.0 Å². The van der Waals surface area contributed by atoms with E-state index < -0.39 is 5.91 Å². The Kier molecular flexibility index (Phi) is 4.37. The van der Waals surface area contributed by atoms with Gasteiger partial charge in [0.25, 0.3) is 5.91 Å². The third-order valence-electron chi connectivity index (χ3n) is 2.68. The van der Waals surface area contributed by atoms with Crippen molar-refractivity contribution >= 4 is 40.5 Å². The highest BCUT2D eigenvalue weighted by Crippen LogP contribution is 2.28. The van der Waals surface area contributed by atoms with Crippen LogP contribution in [0.5, 0.6) is 5.75 Å². The summed E-state index contributed by atoms with van der Waals surface area (Å²) in [6.07, 6.45) is 0. The molecule has 0 fully saturated rings. The van der Waals surface area contributed by atoms with Crippen LogP contribution in [0.2, 0.25) is 10.0 Å². The number of benzene rings is 2. The summed E-state index contributed by atoms with van der Waals surface area (Å²) in [4.78, 5) is 12.2. The topological polar surface area (TPSA) is 64.3 Å². The molecule has 2 rings (SSSR count). The van der Waals surface area contributed by atoms with Crippen LogP contribution in [0.15, 0.2) is 36.4 Å². The van der Waals surface area contributed by atoms with Crippen molar-refractivity contribution < 1.29 is 9.53 Å². The number of anilines is 2. The first kappa shape index (κ1) is 14.5. The highest BCUT2D eigenvalue weighted by atomic mass is 35.5. The molecule has 3 N–H and O–H groups in total. The Bertz CT molecular complexity index is 639. The molecule has 0 aliphatic rings. The van der Waals surface area contributed by atoms with E-state index in [9.17, 15) is 4.79 Å². The van der Waals surface area contributed by atoms with E-state index in [1.165, 1.54) is 7.11 Å². The molecule has 0 saturated carbocycles. The van der Waals surface area contributed by atoms with Crippen molar-refractivity contribution in [1.29, 1.82) is 0 Å². The molecule has 0 spiro atoms. The summed E-state index contributed by atoms with van der Waals surface area (Å²) in [6, 6.07) is 9.82. The van der Waals surface area contributed by atoms with E-state index in [2.05, 4.69) is 5.32 Å². The third kappa shape index (κ3) is 2.98. The minimum absolute atomic E-state index is 0.237. The zero-order valence-corrected chi connectivity index (χ0v) is 12.1. The van der Waals surface area contributed by atoms with Gasteiger partial charge in [0.15, 0.2) is 0 Å². The first-order chi connectivity index (χ1) is 9.52. The van der Waals surface area contributed by atoms with Crippen molar-refractivity contribution in [2.24, 2.45) is 0 Å². The lowest BCUT2D eigenvalue weighted by Gasteiger charge is -2.10. The molecule has 4 nitrogen and oxygen atoms in total. The predicted molar refractivity (Wildman–Crippen MR) is 81.8 cm³/mol. The summed E-state index contributed by atoms with van der Waals surface area (Å²) in [5, 5.41) is 3.38. The van der Waals surface area contributed by atoms with Gasteiger partial charge < -0.3 is 15.8 Å². The van der Waals surface area contributed by atoms with Gasteiger partial charge in [-0.25, -0.2) is 0 Å². The van der Waals surface area contributed by atoms with Gasteiger partial charge in [0, 0.05) is 11.4 Å². The van der Waals surface area contributed by atoms with Crippen LogP contribution >= 0.6 is 23.2 Å². The zero-order valence-electron chi connectivity index (χ0n) is 10.6. The van der Waals surface area contributed by atoms with E-state index in [1.54, 1.807) is 36.4 Å². The summed E-state index contributed by atoms with van der Waals surface area (Å²) in [5.74, 6) is 0.135. The first-order valence-corrected chi connectivity index (χ1v) is 6.47. The van der Waals surface area contributed by atoms with Crippen LogP contribution in [0.25, 0.3) is 0 Å². The van der Waals surface area contributed by atoms with Crippen molar-refractivity contribution in [3.8, 4) is 5.75 Å². The van der Waals surface area contributed by atoms with Crippen molar-refractivity contribution in [3.05, 3.63) is 52.0 Å². The van der Waals surface area contributed by atoms with E-state index >= 15 is 0 Å². The number of halogens is 2. The quantitative estimate of drug-likeness (QED) is 0.847. The molecule has 0 heterocycles. The van der Waals surface area contributed by atoms with Crippen LogP contribution in [-0.2, 0) is 0 Å². The molecule has 1 amide bonds. The number of nitrogens with two attached hydrogens (primary N) is 1. The standard InChI is InChI=1S/C14H12Cl2N2O2/c1-20-12-6-5-8(7-10(12)16)18-14(19)13-9(15)3-2-4-11(13)17/h2-7H,17H2,1H3,(H,18,19). The highest BCUT2D eigenvalue weighted by molar-refractivity contribution is 6.35. The Morgan fingerprint density at radius 2 is 1.95 bits per heavy atom. The number of ether oxygens (including phenoxy) is 1. The number of carbonyl (C=O) groups is 1. The van der Waals surface area contributed by atoms with E-state index in [-0.39, 0.29) is 5.56 Å². The lowest BCUT2D eigenvalue weighted by atomic mass is 10.1. The fourth-order valence-corrected chi connectivity index (χ4v) is 2.24. The molecule has 20 heavy (non-hydrogen) atoms. The van der Waals surface area contributed by atoms with Gasteiger partial charge in [0.2, 0.25) is 0 Å². The second-order valence-electron chi connectivity index (χ2n) is 4.01. The molecule has 0 aliphatic heterocycles. The summed E-state index contributed by atoms with van der Waals surface area (Å²) in [6.45, 7) is 0. The van der Waals surface area contributed by atoms with Gasteiger partial charge in [0.05, 0.1) is 22.7 Å². The van der Waals surface area contributed by atoms with Crippen molar-refractivity contribution in [2.45, 2.75) is 0 Å². The number of rotatable bonds is 3. The molecule has 0 radical (unpaired) electrons. The van der Waals surface area contributed by atoms with E-state index in [4.69, 9.17) is 33.7 Å². The van der Waals surface area contributed by atoms with Gasteiger partial charge in [0.1, 0.15) is 5.75 Å². The average molecular weight is 311 g/mol. The number of methoxy groups -OCH3 is 1. The Morgan fingerprint density at radius 3 is 2.55 bits per heavy atom. The molecular weight excluding hydrogens is 299 g/mol. The first-order valence-electron chi connectivity index (χ1n) is 5.72. The van der Waals surface area contributed by atoms with Gasteiger partial charge in [-0.15, -0.1) is 0 Å². The fraction of sp³-hybridized carbons (Fsp3) is 0.0714. The number of hydrogen-bond acceptors (Lipinski definition) is 3. The molecule has 6 heteroatoms. The van der Waals surface area contributed by atoms with Gasteiger partial charge in [-0.05, 0) is 30.3 Å². The summed E-state index contributed by atoms with van der Waals surface area (Å²) >= 11 is 12.0. The molecule has 0 aliphatic carbocycles. The van der Waals surface area contributed by atoms with Crippen LogP contribution in [0.4, 0.5) is 11.4 Å². The smallest absolute Gasteiger partial charge is 0.259 e. The van der Waals surface area contributed by atoms with Crippen molar-refractivity contribution in [1.82, 2.24) is 0 Å². The second-order valence-corrected chi connectivity index (χ2v) is 4.82. The summed E-state index contributed by atoms with van der Waals surface area (Å²) in [7, 11) is 1.52. The largest absolute Gasteiger partial charge is 0.495 e. The second kappa shape index (κ2) is 6.03. The minimum Gasteiger partial charge on any atom is -0.495 e. The molecule has 0 saturated heterocycles. The molecular formula is C14H12Cl2N2O2. The number of carbonyl (C=O) groups excluding carboxylic acids is 1. The van der Waals surface area contributed by atoms with Gasteiger partial charge in [-0.2, -0.15) is 0 Å².